The number of hydrogen-bond acceptors (Lipinski definition) is 2. The summed E-state index contributed by atoms with van der Waals surface area (Å²) in [5, 5.41) is 0. The van der Waals surface area contributed by atoms with E-state index in [1.807, 2.05) is 0 Å². The smallest absolute Gasteiger partial charge is 0.219 e. The molecule has 200 valence electrons. The minimum atomic E-state index is 0.258. The van der Waals surface area contributed by atoms with Crippen LogP contribution < -0.4 is 0 Å². The molecule has 0 aromatic heterocycles. The Morgan fingerprint density at radius 2 is 0.471 bits per heavy atom. The maximum atomic E-state index is 11.9. The fourth-order valence-corrected chi connectivity index (χ4v) is 5.25. The van der Waals surface area contributed by atoms with Gasteiger partial charge in [-0.2, -0.15) is 0 Å². The molecular formula is C30H58N2O2. The average Bonchev–Trinajstić information content (AvgIpc) is 2.81. The molecule has 0 saturated carbocycles. The van der Waals surface area contributed by atoms with E-state index in [2.05, 4.69) is 9.80 Å². The van der Waals surface area contributed by atoms with Gasteiger partial charge in [-0.05, 0) is 25.7 Å². The highest BCUT2D eigenvalue weighted by Gasteiger charge is 2.09. The van der Waals surface area contributed by atoms with Crippen molar-refractivity contribution < 1.29 is 9.59 Å². The zero-order valence-corrected chi connectivity index (χ0v) is 23.1. The van der Waals surface area contributed by atoms with Crippen molar-refractivity contribution in [1.29, 1.82) is 0 Å². The molecule has 1 saturated heterocycles. The maximum absolute atomic E-state index is 11.9. The zero-order valence-electron chi connectivity index (χ0n) is 23.1. The SMILES string of the molecule is CC(=O)N1CCCCCCCCCCCCCN(C(C)=O)CCCCCCCCCCCCC1. The Morgan fingerprint density at radius 3 is 0.618 bits per heavy atom. The number of hydrogen-bond donors (Lipinski definition) is 0. The van der Waals surface area contributed by atoms with Crippen LogP contribution in [0.3, 0.4) is 0 Å². The largest absolute Gasteiger partial charge is 0.343 e. The van der Waals surface area contributed by atoms with Crippen LogP contribution in [0.25, 0.3) is 0 Å². The molecule has 0 radical (unpaired) electrons. The van der Waals surface area contributed by atoms with Gasteiger partial charge in [-0.3, -0.25) is 9.59 Å². The molecule has 0 aromatic rings. The Hall–Kier alpha value is -1.06. The summed E-state index contributed by atoms with van der Waals surface area (Å²) in [5.41, 5.74) is 0. The summed E-state index contributed by atoms with van der Waals surface area (Å²) >= 11 is 0. The molecule has 0 N–H and O–H groups in total. The van der Waals surface area contributed by atoms with Crippen molar-refractivity contribution in [3.8, 4) is 0 Å². The minimum Gasteiger partial charge on any atom is -0.343 e. The van der Waals surface area contributed by atoms with Crippen LogP contribution in [0.1, 0.15) is 155 Å². The molecule has 1 heterocycles. The lowest BCUT2D eigenvalue weighted by Gasteiger charge is -2.21. The highest BCUT2D eigenvalue weighted by atomic mass is 16.2. The van der Waals surface area contributed by atoms with E-state index in [-0.39, 0.29) is 11.8 Å². The molecule has 1 rings (SSSR count). The summed E-state index contributed by atoms with van der Waals surface area (Å²) in [6, 6.07) is 0. The lowest BCUT2D eigenvalue weighted by molar-refractivity contribution is -0.129. The first-order valence-corrected chi connectivity index (χ1v) is 15.1. The second-order valence-corrected chi connectivity index (χ2v) is 10.8. The van der Waals surface area contributed by atoms with Crippen LogP contribution >= 0.6 is 0 Å². The van der Waals surface area contributed by atoms with Gasteiger partial charge in [0.1, 0.15) is 0 Å². The predicted octanol–water partition coefficient (Wildman–Crippen LogP) is 8.28. The molecule has 0 bridgehead atoms. The van der Waals surface area contributed by atoms with Crippen LogP contribution in [-0.2, 0) is 9.59 Å². The molecule has 1 aliphatic rings. The Labute approximate surface area is 212 Å². The molecule has 0 unspecified atom stereocenters. The highest BCUT2D eigenvalue weighted by molar-refractivity contribution is 5.73. The molecule has 34 heavy (non-hydrogen) atoms. The second kappa shape index (κ2) is 22.4. The van der Waals surface area contributed by atoms with Gasteiger partial charge in [0.25, 0.3) is 0 Å². The Balaban J connectivity index is 2.29. The summed E-state index contributed by atoms with van der Waals surface area (Å²) in [7, 11) is 0. The van der Waals surface area contributed by atoms with Crippen LogP contribution in [0, 0.1) is 0 Å². The number of rotatable bonds is 0. The molecular weight excluding hydrogens is 420 g/mol. The van der Waals surface area contributed by atoms with Crippen molar-refractivity contribution in [1.82, 2.24) is 9.80 Å². The summed E-state index contributed by atoms with van der Waals surface area (Å²) in [6.45, 7) is 7.30. The van der Waals surface area contributed by atoms with Gasteiger partial charge in [0.15, 0.2) is 0 Å². The fraction of sp³-hybridized carbons (Fsp3) is 0.933. The standard InChI is InChI=1S/C30H58N2O2/c1-29(33)31-25-21-17-13-9-5-3-7-11-15-19-23-27-32(30(2)34)28-24-20-16-12-8-4-6-10-14-18-22-26-31/h3-28H2,1-2H3. The van der Waals surface area contributed by atoms with Crippen molar-refractivity contribution in [2.45, 2.75) is 155 Å². The minimum absolute atomic E-state index is 0.258. The van der Waals surface area contributed by atoms with Gasteiger partial charge in [-0.15, -0.1) is 0 Å². The van der Waals surface area contributed by atoms with Crippen LogP contribution in [0.4, 0.5) is 0 Å². The number of nitrogens with zero attached hydrogens (tertiary/aromatic N) is 2. The van der Waals surface area contributed by atoms with E-state index < -0.39 is 0 Å². The molecule has 4 heteroatoms. The fourth-order valence-electron chi connectivity index (χ4n) is 5.25. The zero-order chi connectivity index (χ0) is 24.7. The first kappa shape index (κ1) is 31.0. The van der Waals surface area contributed by atoms with Crippen molar-refractivity contribution >= 4 is 11.8 Å². The van der Waals surface area contributed by atoms with Crippen LogP contribution in [-0.4, -0.2) is 47.8 Å². The second-order valence-electron chi connectivity index (χ2n) is 10.8. The van der Waals surface area contributed by atoms with E-state index >= 15 is 0 Å². The molecule has 0 spiro atoms. The van der Waals surface area contributed by atoms with Crippen molar-refractivity contribution in [3.05, 3.63) is 0 Å². The Kier molecular flexibility index (Phi) is 20.4. The first-order valence-electron chi connectivity index (χ1n) is 15.1. The van der Waals surface area contributed by atoms with Gasteiger partial charge in [0, 0.05) is 40.0 Å². The molecule has 0 aliphatic carbocycles. The number of amides is 2. The third-order valence-electron chi connectivity index (χ3n) is 7.60. The molecule has 1 aliphatic heterocycles. The average molecular weight is 479 g/mol. The van der Waals surface area contributed by atoms with Gasteiger partial charge < -0.3 is 9.80 Å². The third-order valence-corrected chi connectivity index (χ3v) is 7.60. The van der Waals surface area contributed by atoms with Crippen LogP contribution in [0.15, 0.2) is 0 Å². The van der Waals surface area contributed by atoms with Crippen molar-refractivity contribution in [2.75, 3.05) is 26.2 Å². The summed E-state index contributed by atoms with van der Waals surface area (Å²) in [4.78, 5) is 28.1. The third kappa shape index (κ3) is 18.3. The van der Waals surface area contributed by atoms with Crippen LogP contribution in [0.2, 0.25) is 0 Å². The molecule has 2 amide bonds. The molecule has 4 nitrogen and oxygen atoms in total. The topological polar surface area (TPSA) is 40.6 Å². The van der Waals surface area contributed by atoms with Crippen molar-refractivity contribution in [2.24, 2.45) is 0 Å². The van der Waals surface area contributed by atoms with Gasteiger partial charge >= 0.3 is 0 Å². The normalized spacial score (nSPS) is 21.8. The number of carbonyl (C=O) groups excluding carboxylic acids is 2. The van der Waals surface area contributed by atoms with Crippen LogP contribution in [0.5, 0.6) is 0 Å². The molecule has 0 atom stereocenters. The summed E-state index contributed by atoms with van der Waals surface area (Å²) < 4.78 is 0. The Bertz CT molecular complexity index is 422. The van der Waals surface area contributed by atoms with E-state index in [0.717, 1.165) is 51.9 Å². The molecule has 0 aromatic carbocycles. The van der Waals surface area contributed by atoms with Gasteiger partial charge in [0.05, 0.1) is 0 Å². The summed E-state index contributed by atoms with van der Waals surface area (Å²) in [5.74, 6) is 0.516. The van der Waals surface area contributed by atoms with Gasteiger partial charge in [-0.25, -0.2) is 0 Å². The highest BCUT2D eigenvalue weighted by Crippen LogP contribution is 2.14. The predicted molar refractivity (Wildman–Crippen MR) is 146 cm³/mol. The Morgan fingerprint density at radius 1 is 0.324 bits per heavy atom. The van der Waals surface area contributed by atoms with E-state index in [1.54, 1.807) is 13.8 Å². The maximum Gasteiger partial charge on any atom is 0.219 e. The van der Waals surface area contributed by atoms with E-state index in [9.17, 15) is 9.59 Å². The van der Waals surface area contributed by atoms with Gasteiger partial charge in [-0.1, -0.05) is 116 Å². The lowest BCUT2D eigenvalue weighted by Crippen LogP contribution is -2.30. The first-order chi connectivity index (χ1) is 16.6. The quantitative estimate of drug-likeness (QED) is 0.351. The lowest BCUT2D eigenvalue weighted by atomic mass is 10.0. The van der Waals surface area contributed by atoms with Crippen molar-refractivity contribution in [3.63, 3.8) is 0 Å². The van der Waals surface area contributed by atoms with Gasteiger partial charge in [0.2, 0.25) is 11.8 Å². The van der Waals surface area contributed by atoms with E-state index in [1.165, 1.54) is 116 Å². The van der Waals surface area contributed by atoms with E-state index in [0.29, 0.717) is 0 Å². The monoisotopic (exact) mass is 478 g/mol. The van der Waals surface area contributed by atoms with E-state index in [4.69, 9.17) is 0 Å². The number of carbonyl (C=O) groups is 2. The molecule has 1 fully saturated rings. The summed E-state index contributed by atoms with van der Waals surface area (Å²) in [6.07, 6.45) is 28.5.